The topological polar surface area (TPSA) is 118 Å². The van der Waals surface area contributed by atoms with E-state index in [0.29, 0.717) is 23.4 Å². The smallest absolute Gasteiger partial charge is 0.335 e. The van der Waals surface area contributed by atoms with E-state index in [9.17, 15) is 18.0 Å². The molecule has 3 N–H and O–H groups in total. The minimum atomic E-state index is -3.96. The second kappa shape index (κ2) is 9.16. The van der Waals surface area contributed by atoms with E-state index in [-0.39, 0.29) is 17.0 Å². The van der Waals surface area contributed by atoms with Crippen molar-refractivity contribution in [2.24, 2.45) is 11.7 Å². The average Bonchev–Trinajstić information content (AvgIpc) is 2.72. The van der Waals surface area contributed by atoms with Crippen molar-refractivity contribution in [2.75, 3.05) is 0 Å². The van der Waals surface area contributed by atoms with E-state index in [1.807, 2.05) is 0 Å². The van der Waals surface area contributed by atoms with Gasteiger partial charge in [-0.15, -0.1) is 0 Å². The van der Waals surface area contributed by atoms with Crippen LogP contribution in [0.25, 0.3) is 0 Å². The molecule has 0 saturated heterocycles. The monoisotopic (exact) mass is 450 g/mol. The highest BCUT2D eigenvalue weighted by Gasteiger charge is 2.40. The first-order chi connectivity index (χ1) is 14.2. The fourth-order valence-electron chi connectivity index (χ4n) is 3.84. The molecule has 3 rings (SSSR count). The maximum absolute atomic E-state index is 13.5. The highest BCUT2D eigenvalue weighted by atomic mass is 35.5. The maximum atomic E-state index is 13.5. The fourth-order valence-corrected chi connectivity index (χ4v) is 5.65. The van der Waals surface area contributed by atoms with Gasteiger partial charge in [-0.05, 0) is 54.8 Å². The number of carbonyl (C=O) groups excluding carboxylic acids is 1. The Morgan fingerprint density at radius 3 is 2.20 bits per heavy atom. The SMILES string of the molecule is NC(=O)C1CCCCC1N(Cc1ccc(C(=O)O)cc1)S(=O)(=O)c1ccc(Cl)cc1. The van der Waals surface area contributed by atoms with Crippen LogP contribution < -0.4 is 5.73 Å². The van der Waals surface area contributed by atoms with Crippen molar-refractivity contribution in [1.29, 1.82) is 0 Å². The minimum Gasteiger partial charge on any atom is -0.478 e. The maximum Gasteiger partial charge on any atom is 0.335 e. The molecule has 1 amide bonds. The van der Waals surface area contributed by atoms with Crippen LogP contribution in [0, 0.1) is 5.92 Å². The number of carbonyl (C=O) groups is 2. The normalized spacial score (nSPS) is 19.5. The Morgan fingerprint density at radius 2 is 1.63 bits per heavy atom. The number of hydrogen-bond donors (Lipinski definition) is 2. The summed E-state index contributed by atoms with van der Waals surface area (Å²) < 4.78 is 28.4. The van der Waals surface area contributed by atoms with Crippen molar-refractivity contribution in [1.82, 2.24) is 4.31 Å². The van der Waals surface area contributed by atoms with Crippen LogP contribution in [0.15, 0.2) is 53.4 Å². The molecular weight excluding hydrogens is 428 g/mol. The second-order valence-corrected chi connectivity index (χ2v) is 9.69. The number of hydrogen-bond acceptors (Lipinski definition) is 4. The van der Waals surface area contributed by atoms with Crippen molar-refractivity contribution >= 4 is 33.5 Å². The molecule has 30 heavy (non-hydrogen) atoms. The van der Waals surface area contributed by atoms with Crippen LogP contribution in [0.5, 0.6) is 0 Å². The molecule has 1 aliphatic carbocycles. The van der Waals surface area contributed by atoms with Gasteiger partial charge in [0, 0.05) is 17.6 Å². The molecule has 2 aromatic rings. The van der Waals surface area contributed by atoms with Gasteiger partial charge in [0.05, 0.1) is 16.4 Å². The number of aromatic carboxylic acids is 1. The lowest BCUT2D eigenvalue weighted by molar-refractivity contribution is -0.124. The number of sulfonamides is 1. The zero-order valence-electron chi connectivity index (χ0n) is 16.2. The first-order valence-corrected chi connectivity index (χ1v) is 11.4. The standard InChI is InChI=1S/C21H23ClN2O5S/c22-16-9-11-17(12-10-16)30(28,29)24(19-4-2-1-3-18(19)20(23)25)13-14-5-7-15(8-6-14)21(26)27/h5-12,18-19H,1-4,13H2,(H2,23,25)(H,26,27). The Labute approximate surface area is 180 Å². The minimum absolute atomic E-state index is 0.000689. The largest absolute Gasteiger partial charge is 0.478 e. The van der Waals surface area contributed by atoms with Gasteiger partial charge in [-0.25, -0.2) is 13.2 Å². The van der Waals surface area contributed by atoms with Crippen LogP contribution in [-0.2, 0) is 21.4 Å². The van der Waals surface area contributed by atoms with E-state index in [1.165, 1.54) is 40.7 Å². The molecule has 9 heteroatoms. The third-order valence-electron chi connectivity index (χ3n) is 5.42. The lowest BCUT2D eigenvalue weighted by Crippen LogP contribution is -2.49. The summed E-state index contributed by atoms with van der Waals surface area (Å²) in [6, 6.07) is 11.3. The number of nitrogens with two attached hydrogens (primary N) is 1. The van der Waals surface area contributed by atoms with E-state index >= 15 is 0 Å². The molecule has 1 aliphatic rings. The van der Waals surface area contributed by atoms with Crippen molar-refractivity contribution < 1.29 is 23.1 Å². The molecule has 0 heterocycles. The quantitative estimate of drug-likeness (QED) is 0.671. The van der Waals surface area contributed by atoms with Crippen molar-refractivity contribution in [3.8, 4) is 0 Å². The van der Waals surface area contributed by atoms with Crippen molar-refractivity contribution in [3.63, 3.8) is 0 Å². The molecule has 1 saturated carbocycles. The number of amides is 1. The van der Waals surface area contributed by atoms with Crippen LogP contribution in [-0.4, -0.2) is 35.7 Å². The third kappa shape index (κ3) is 4.83. The summed E-state index contributed by atoms with van der Waals surface area (Å²) in [7, 11) is -3.96. The van der Waals surface area contributed by atoms with Crippen molar-refractivity contribution in [3.05, 3.63) is 64.7 Å². The van der Waals surface area contributed by atoms with Gasteiger partial charge in [0.25, 0.3) is 0 Å². The molecule has 2 unspecified atom stereocenters. The lowest BCUT2D eigenvalue weighted by atomic mass is 9.84. The molecule has 1 fully saturated rings. The van der Waals surface area contributed by atoms with Crippen LogP contribution in [0.2, 0.25) is 5.02 Å². The van der Waals surface area contributed by atoms with Crippen LogP contribution >= 0.6 is 11.6 Å². The molecule has 0 aliphatic heterocycles. The van der Waals surface area contributed by atoms with E-state index in [0.717, 1.165) is 12.8 Å². The molecule has 0 radical (unpaired) electrons. The van der Waals surface area contributed by atoms with E-state index in [1.54, 1.807) is 12.1 Å². The van der Waals surface area contributed by atoms with Gasteiger partial charge in [0.1, 0.15) is 0 Å². The Bertz CT molecular complexity index is 1020. The summed E-state index contributed by atoms with van der Waals surface area (Å²) in [5, 5.41) is 9.50. The summed E-state index contributed by atoms with van der Waals surface area (Å²) in [4.78, 5) is 23.2. The molecular formula is C21H23ClN2O5S. The van der Waals surface area contributed by atoms with E-state index in [4.69, 9.17) is 22.4 Å². The number of halogens is 1. The summed E-state index contributed by atoms with van der Waals surface area (Å²) in [6.07, 6.45) is 2.66. The van der Waals surface area contributed by atoms with Crippen molar-refractivity contribution in [2.45, 2.75) is 43.2 Å². The van der Waals surface area contributed by atoms with Crippen LogP contribution in [0.3, 0.4) is 0 Å². The Hall–Kier alpha value is -2.42. The highest BCUT2D eigenvalue weighted by molar-refractivity contribution is 7.89. The average molecular weight is 451 g/mol. The lowest BCUT2D eigenvalue weighted by Gasteiger charge is -2.38. The number of primary amides is 1. The number of carboxylic acids is 1. The van der Waals surface area contributed by atoms with Crippen LogP contribution in [0.1, 0.15) is 41.6 Å². The molecule has 2 aromatic carbocycles. The third-order valence-corrected chi connectivity index (χ3v) is 7.56. The van der Waals surface area contributed by atoms with Gasteiger partial charge >= 0.3 is 5.97 Å². The highest BCUT2D eigenvalue weighted by Crippen LogP contribution is 2.33. The summed E-state index contributed by atoms with van der Waals surface area (Å²) >= 11 is 5.91. The number of benzene rings is 2. The molecule has 160 valence electrons. The van der Waals surface area contributed by atoms with Crippen LogP contribution in [0.4, 0.5) is 0 Å². The predicted octanol–water partition coefficient (Wildman–Crippen LogP) is 3.27. The zero-order valence-corrected chi connectivity index (χ0v) is 17.8. The van der Waals surface area contributed by atoms with Gasteiger partial charge in [-0.3, -0.25) is 4.79 Å². The zero-order chi connectivity index (χ0) is 21.9. The number of rotatable bonds is 7. The van der Waals surface area contributed by atoms with E-state index in [2.05, 4.69) is 0 Å². The first kappa shape index (κ1) is 22.3. The molecule has 2 atom stereocenters. The van der Waals surface area contributed by atoms with E-state index < -0.39 is 33.9 Å². The molecule has 0 aromatic heterocycles. The summed E-state index contributed by atoms with van der Waals surface area (Å²) in [6.45, 7) is -0.000689. The fraction of sp³-hybridized carbons (Fsp3) is 0.333. The van der Waals surface area contributed by atoms with Gasteiger partial charge < -0.3 is 10.8 Å². The second-order valence-electron chi connectivity index (χ2n) is 7.37. The van der Waals surface area contributed by atoms with Gasteiger partial charge in [0.2, 0.25) is 15.9 Å². The van der Waals surface area contributed by atoms with Gasteiger partial charge in [-0.2, -0.15) is 4.31 Å². The Morgan fingerprint density at radius 1 is 1.03 bits per heavy atom. The predicted molar refractivity (Wildman–Crippen MR) is 113 cm³/mol. The van der Waals surface area contributed by atoms with Gasteiger partial charge in [-0.1, -0.05) is 36.6 Å². The summed E-state index contributed by atoms with van der Waals surface area (Å²) in [5.41, 5.74) is 6.33. The number of carboxylic acid groups (broad SMARTS) is 1. The molecule has 7 nitrogen and oxygen atoms in total. The summed E-state index contributed by atoms with van der Waals surface area (Å²) in [5.74, 6) is -2.16. The molecule has 0 bridgehead atoms. The molecule has 0 spiro atoms. The Kier molecular flexibility index (Phi) is 6.80. The first-order valence-electron chi connectivity index (χ1n) is 9.59. The Balaban J connectivity index is 2.02. The van der Waals surface area contributed by atoms with Gasteiger partial charge in [0.15, 0.2) is 0 Å². The number of nitrogens with zero attached hydrogens (tertiary/aromatic N) is 1.